The Morgan fingerprint density at radius 3 is 2.70 bits per heavy atom. The molecule has 1 aliphatic heterocycles. The van der Waals surface area contributed by atoms with Crippen LogP contribution in [0.4, 0.5) is 0 Å². The summed E-state index contributed by atoms with van der Waals surface area (Å²) in [7, 11) is 0. The highest BCUT2D eigenvalue weighted by Gasteiger charge is 2.76. The molecule has 1 aromatic carbocycles. The average Bonchev–Trinajstić information content (AvgIpc) is 3.43. The fourth-order valence-electron chi connectivity index (χ4n) is 5.31. The zero-order chi connectivity index (χ0) is 20.3. The molecule has 150 valence electrons. The topological polar surface area (TPSA) is 81.1 Å². The Balaban J connectivity index is 1.29. The van der Waals surface area contributed by atoms with E-state index in [-0.39, 0.29) is 23.5 Å². The summed E-state index contributed by atoms with van der Waals surface area (Å²) >= 11 is 0. The molecule has 2 saturated carbocycles. The highest BCUT2D eigenvalue weighted by molar-refractivity contribution is 6.00. The number of carbonyl (C=O) groups is 1. The molecule has 7 heteroatoms. The molecule has 1 spiro atoms. The second-order valence-corrected chi connectivity index (χ2v) is 8.51. The number of likely N-dealkylation sites (tertiary alicyclic amines) is 1. The van der Waals surface area contributed by atoms with Gasteiger partial charge in [-0.05, 0) is 37.8 Å². The first-order valence-electron chi connectivity index (χ1n) is 10.3. The van der Waals surface area contributed by atoms with Crippen LogP contribution in [0.2, 0.25) is 0 Å². The molecule has 4 unspecified atom stereocenters. The Labute approximate surface area is 174 Å². The first-order valence-corrected chi connectivity index (χ1v) is 10.3. The van der Waals surface area contributed by atoms with Crippen molar-refractivity contribution < 1.29 is 9.53 Å². The molecular formula is C23H21N5O2. The molecule has 0 N–H and O–H groups in total. The van der Waals surface area contributed by atoms with Gasteiger partial charge in [0, 0.05) is 29.9 Å². The minimum Gasteiger partial charge on any atom is -0.471 e. The number of piperidine rings is 1. The molecule has 0 bridgehead atoms. The van der Waals surface area contributed by atoms with E-state index in [1.165, 1.54) is 6.42 Å². The molecule has 1 amide bonds. The van der Waals surface area contributed by atoms with Gasteiger partial charge in [-0.25, -0.2) is 15.0 Å². The van der Waals surface area contributed by atoms with Gasteiger partial charge < -0.3 is 9.64 Å². The summed E-state index contributed by atoms with van der Waals surface area (Å²) in [4.78, 5) is 32.9. The molecule has 0 radical (unpaired) electrons. The SMILES string of the molecule is Cc1cnc(OC2CC34CC3CN(C(=O)c3ccccc3-c3ncccn3)C24)cn1. The van der Waals surface area contributed by atoms with Crippen molar-refractivity contribution in [2.75, 3.05) is 6.54 Å². The lowest BCUT2D eigenvalue weighted by molar-refractivity contribution is -0.0347. The highest BCUT2D eigenvalue weighted by atomic mass is 16.5. The van der Waals surface area contributed by atoms with E-state index in [4.69, 9.17) is 4.74 Å². The van der Waals surface area contributed by atoms with Crippen LogP contribution in [0.15, 0.2) is 55.1 Å². The average molecular weight is 399 g/mol. The van der Waals surface area contributed by atoms with Gasteiger partial charge in [0.25, 0.3) is 5.91 Å². The number of rotatable bonds is 4. The molecule has 2 aromatic heterocycles. The predicted octanol–water partition coefficient (Wildman–Crippen LogP) is 2.92. The summed E-state index contributed by atoms with van der Waals surface area (Å²) in [6.45, 7) is 2.68. The lowest BCUT2D eigenvalue weighted by Gasteiger charge is -2.47. The molecule has 3 heterocycles. The molecule has 30 heavy (non-hydrogen) atoms. The molecule has 1 saturated heterocycles. The first-order chi connectivity index (χ1) is 14.7. The fourth-order valence-corrected chi connectivity index (χ4v) is 5.31. The summed E-state index contributed by atoms with van der Waals surface area (Å²) in [6, 6.07) is 9.44. The Bertz CT molecular complexity index is 1120. The third-order valence-electron chi connectivity index (χ3n) is 6.81. The highest BCUT2D eigenvalue weighted by Crippen LogP contribution is 2.71. The van der Waals surface area contributed by atoms with Crippen molar-refractivity contribution >= 4 is 5.91 Å². The number of benzene rings is 1. The molecule has 3 fully saturated rings. The molecular weight excluding hydrogens is 378 g/mol. The first kappa shape index (κ1) is 17.5. The molecule has 7 nitrogen and oxygen atoms in total. The van der Waals surface area contributed by atoms with Crippen molar-refractivity contribution in [3.8, 4) is 17.3 Å². The van der Waals surface area contributed by atoms with Crippen LogP contribution in [0, 0.1) is 18.3 Å². The predicted molar refractivity (Wildman–Crippen MR) is 109 cm³/mol. The summed E-state index contributed by atoms with van der Waals surface area (Å²) in [5.41, 5.74) is 2.49. The maximum Gasteiger partial charge on any atom is 0.255 e. The Hall–Kier alpha value is -3.35. The van der Waals surface area contributed by atoms with Crippen LogP contribution in [0.5, 0.6) is 5.88 Å². The van der Waals surface area contributed by atoms with E-state index in [1.54, 1.807) is 30.9 Å². The Morgan fingerprint density at radius 2 is 1.90 bits per heavy atom. The van der Waals surface area contributed by atoms with Gasteiger partial charge in [-0.1, -0.05) is 18.2 Å². The van der Waals surface area contributed by atoms with Crippen molar-refractivity contribution in [2.45, 2.75) is 31.9 Å². The Kier molecular flexibility index (Phi) is 3.69. The largest absolute Gasteiger partial charge is 0.471 e. The summed E-state index contributed by atoms with van der Waals surface area (Å²) in [5, 5.41) is 0. The molecule has 3 aliphatic rings. The van der Waals surface area contributed by atoms with E-state index >= 15 is 0 Å². The van der Waals surface area contributed by atoms with Crippen molar-refractivity contribution in [3.05, 3.63) is 66.4 Å². The molecule has 2 aliphatic carbocycles. The van der Waals surface area contributed by atoms with Gasteiger partial charge in [0.15, 0.2) is 5.82 Å². The van der Waals surface area contributed by atoms with Gasteiger partial charge in [0.1, 0.15) is 6.10 Å². The number of ether oxygens (including phenoxy) is 1. The van der Waals surface area contributed by atoms with E-state index in [2.05, 4.69) is 19.9 Å². The zero-order valence-electron chi connectivity index (χ0n) is 16.6. The fraction of sp³-hybridized carbons (Fsp3) is 0.348. The van der Waals surface area contributed by atoms with Crippen LogP contribution in [-0.2, 0) is 0 Å². The van der Waals surface area contributed by atoms with Crippen LogP contribution in [0.3, 0.4) is 0 Å². The standard InChI is InChI=1S/C23H21N5O2/c1-14-11-27-19(12-26-14)30-18-10-23-9-15(23)13-28(20(18)23)22(29)17-6-3-2-5-16(17)21-24-7-4-8-25-21/h2-8,11-12,15,18,20H,9-10,13H2,1H3. The van der Waals surface area contributed by atoms with Crippen LogP contribution < -0.4 is 4.74 Å². The van der Waals surface area contributed by atoms with Gasteiger partial charge >= 0.3 is 0 Å². The third-order valence-corrected chi connectivity index (χ3v) is 6.81. The van der Waals surface area contributed by atoms with Gasteiger partial charge in [0.2, 0.25) is 5.88 Å². The van der Waals surface area contributed by atoms with E-state index in [0.29, 0.717) is 23.2 Å². The summed E-state index contributed by atoms with van der Waals surface area (Å²) in [6.07, 6.45) is 8.88. The van der Waals surface area contributed by atoms with Crippen LogP contribution in [0.25, 0.3) is 11.4 Å². The number of amides is 1. The number of carbonyl (C=O) groups excluding carboxylic acids is 1. The van der Waals surface area contributed by atoms with Crippen molar-refractivity contribution in [3.63, 3.8) is 0 Å². The van der Waals surface area contributed by atoms with Crippen LogP contribution in [-0.4, -0.2) is 49.4 Å². The minimum atomic E-state index is -0.0430. The monoisotopic (exact) mass is 399 g/mol. The number of aryl methyl sites for hydroxylation is 1. The number of aromatic nitrogens is 4. The van der Waals surface area contributed by atoms with Gasteiger partial charge in [-0.3, -0.25) is 9.78 Å². The molecule has 6 rings (SSSR count). The second kappa shape index (κ2) is 6.32. The van der Waals surface area contributed by atoms with Crippen molar-refractivity contribution in [2.24, 2.45) is 11.3 Å². The maximum atomic E-state index is 13.6. The van der Waals surface area contributed by atoms with Crippen molar-refractivity contribution in [1.82, 2.24) is 24.8 Å². The number of hydrogen-bond donors (Lipinski definition) is 0. The minimum absolute atomic E-state index is 0.0259. The Morgan fingerprint density at radius 1 is 1.07 bits per heavy atom. The smallest absolute Gasteiger partial charge is 0.255 e. The molecule has 4 atom stereocenters. The maximum absolute atomic E-state index is 13.6. The zero-order valence-corrected chi connectivity index (χ0v) is 16.6. The van der Waals surface area contributed by atoms with Gasteiger partial charge in [0.05, 0.1) is 29.7 Å². The summed E-state index contributed by atoms with van der Waals surface area (Å²) < 4.78 is 6.15. The summed E-state index contributed by atoms with van der Waals surface area (Å²) in [5.74, 6) is 1.69. The van der Waals surface area contributed by atoms with Crippen LogP contribution >= 0.6 is 0 Å². The molecule has 3 aromatic rings. The quantitative estimate of drug-likeness (QED) is 0.671. The van der Waals surface area contributed by atoms with Gasteiger partial charge in [-0.2, -0.15) is 0 Å². The normalized spacial score (nSPS) is 28.3. The lowest BCUT2D eigenvalue weighted by Crippen LogP contribution is -2.59. The number of hydrogen-bond acceptors (Lipinski definition) is 6. The van der Waals surface area contributed by atoms with E-state index < -0.39 is 0 Å². The second-order valence-electron chi connectivity index (χ2n) is 8.51. The van der Waals surface area contributed by atoms with E-state index in [0.717, 1.165) is 24.2 Å². The van der Waals surface area contributed by atoms with Crippen molar-refractivity contribution in [1.29, 1.82) is 0 Å². The van der Waals surface area contributed by atoms with Gasteiger partial charge in [-0.15, -0.1) is 0 Å². The van der Waals surface area contributed by atoms with E-state index in [1.807, 2.05) is 36.1 Å². The third kappa shape index (κ3) is 2.54. The van der Waals surface area contributed by atoms with E-state index in [9.17, 15) is 4.79 Å². The lowest BCUT2D eigenvalue weighted by atomic mass is 9.73. The number of nitrogens with zero attached hydrogens (tertiary/aromatic N) is 5. The van der Waals surface area contributed by atoms with Crippen LogP contribution in [0.1, 0.15) is 28.9 Å².